The van der Waals surface area contributed by atoms with Gasteiger partial charge in [0.25, 0.3) is 0 Å². The molecule has 0 bridgehead atoms. The van der Waals surface area contributed by atoms with Crippen LogP contribution in [0.4, 0.5) is 0 Å². The third-order valence-electron chi connectivity index (χ3n) is 5.20. The van der Waals surface area contributed by atoms with Crippen molar-refractivity contribution in [1.29, 1.82) is 0 Å². The maximum absolute atomic E-state index is 12.5. The fraction of sp³-hybridized carbons (Fsp3) is 0.364. The van der Waals surface area contributed by atoms with Crippen LogP contribution in [0.1, 0.15) is 29.4 Å². The molecule has 1 fully saturated rings. The van der Waals surface area contributed by atoms with E-state index in [1.165, 1.54) is 5.56 Å². The van der Waals surface area contributed by atoms with Gasteiger partial charge in [-0.1, -0.05) is 17.7 Å². The fourth-order valence-electron chi connectivity index (χ4n) is 3.56. The van der Waals surface area contributed by atoms with Crippen molar-refractivity contribution in [3.8, 4) is 5.69 Å². The summed E-state index contributed by atoms with van der Waals surface area (Å²) in [5.41, 5.74) is 5.66. The van der Waals surface area contributed by atoms with Crippen LogP contribution in [0.25, 0.3) is 11.8 Å². The van der Waals surface area contributed by atoms with Gasteiger partial charge in [-0.15, -0.1) is 0 Å². The Morgan fingerprint density at radius 1 is 0.926 bits per heavy atom. The van der Waals surface area contributed by atoms with Crippen molar-refractivity contribution in [2.24, 2.45) is 0 Å². The topological polar surface area (TPSA) is 45.6 Å². The van der Waals surface area contributed by atoms with Crippen LogP contribution in [0.15, 0.2) is 36.4 Å². The van der Waals surface area contributed by atoms with Gasteiger partial charge in [0.05, 0.1) is 0 Å². The molecule has 2 aromatic rings. The molecule has 0 unspecified atom stereocenters. The summed E-state index contributed by atoms with van der Waals surface area (Å²) in [6.45, 7) is 10.2. The molecule has 0 saturated carbocycles. The van der Waals surface area contributed by atoms with E-state index in [0.717, 1.165) is 22.6 Å². The lowest BCUT2D eigenvalue weighted by Crippen LogP contribution is -2.49. The largest absolute Gasteiger partial charge is 0.339 e. The number of nitrogens with zero attached hydrogens (tertiary/aromatic N) is 3. The summed E-state index contributed by atoms with van der Waals surface area (Å²) in [5.74, 6) is 0.0690. The highest BCUT2D eigenvalue weighted by Gasteiger charge is 2.21. The standard InChI is InChI=1S/C22H27N3O2/c1-16-5-8-21(9-6-16)25-17(2)15-20(18(25)3)7-10-22(27)24-13-11-23(12-14-24)19(4)26/h5-10,15H,11-14H2,1-4H3. The fourth-order valence-corrected chi connectivity index (χ4v) is 3.56. The van der Waals surface area contributed by atoms with Crippen molar-refractivity contribution < 1.29 is 9.59 Å². The molecule has 1 aliphatic heterocycles. The highest BCUT2D eigenvalue weighted by atomic mass is 16.2. The van der Waals surface area contributed by atoms with Gasteiger partial charge in [-0.05, 0) is 50.6 Å². The van der Waals surface area contributed by atoms with E-state index in [1.54, 1.807) is 22.8 Å². The molecule has 1 aliphatic rings. The molecule has 0 radical (unpaired) electrons. The molecule has 0 atom stereocenters. The van der Waals surface area contributed by atoms with E-state index in [2.05, 4.69) is 55.7 Å². The first-order valence-electron chi connectivity index (χ1n) is 9.35. The SMILES string of the molecule is CC(=O)N1CCN(C(=O)C=Cc2cc(C)n(-c3ccc(C)cc3)c2C)CC1. The van der Waals surface area contributed by atoms with Gasteiger partial charge in [0.15, 0.2) is 0 Å². The number of aryl methyl sites for hydroxylation is 2. The summed E-state index contributed by atoms with van der Waals surface area (Å²) in [6.07, 6.45) is 3.54. The zero-order chi connectivity index (χ0) is 19.6. The van der Waals surface area contributed by atoms with Crippen molar-refractivity contribution >= 4 is 17.9 Å². The second kappa shape index (κ2) is 7.82. The van der Waals surface area contributed by atoms with Gasteiger partial charge in [0.2, 0.25) is 11.8 Å². The number of aromatic nitrogens is 1. The Bertz CT molecular complexity index is 870. The van der Waals surface area contributed by atoms with E-state index in [4.69, 9.17) is 0 Å². The number of hydrogen-bond donors (Lipinski definition) is 0. The molecule has 1 aromatic carbocycles. The van der Waals surface area contributed by atoms with E-state index in [1.807, 2.05) is 6.08 Å². The van der Waals surface area contributed by atoms with Crippen LogP contribution in [0.2, 0.25) is 0 Å². The molecule has 1 saturated heterocycles. The maximum Gasteiger partial charge on any atom is 0.246 e. The van der Waals surface area contributed by atoms with E-state index in [-0.39, 0.29) is 11.8 Å². The van der Waals surface area contributed by atoms with Crippen molar-refractivity contribution in [3.05, 3.63) is 58.9 Å². The number of benzene rings is 1. The molecular formula is C22H27N3O2. The van der Waals surface area contributed by atoms with Gasteiger partial charge in [-0.2, -0.15) is 0 Å². The number of carbonyl (C=O) groups is 2. The molecule has 0 aliphatic carbocycles. The molecule has 5 heteroatoms. The minimum Gasteiger partial charge on any atom is -0.339 e. The Morgan fingerprint density at radius 2 is 1.52 bits per heavy atom. The van der Waals surface area contributed by atoms with E-state index in [9.17, 15) is 9.59 Å². The molecular weight excluding hydrogens is 338 g/mol. The summed E-state index contributed by atoms with van der Waals surface area (Å²) >= 11 is 0. The van der Waals surface area contributed by atoms with Crippen LogP contribution >= 0.6 is 0 Å². The average molecular weight is 365 g/mol. The van der Waals surface area contributed by atoms with E-state index in [0.29, 0.717) is 26.2 Å². The third kappa shape index (κ3) is 4.13. The van der Waals surface area contributed by atoms with Crippen LogP contribution in [-0.2, 0) is 9.59 Å². The van der Waals surface area contributed by atoms with Crippen molar-refractivity contribution in [2.45, 2.75) is 27.7 Å². The molecule has 142 valence electrons. The normalized spacial score (nSPS) is 14.8. The number of hydrogen-bond acceptors (Lipinski definition) is 2. The van der Waals surface area contributed by atoms with Crippen molar-refractivity contribution in [2.75, 3.05) is 26.2 Å². The Balaban J connectivity index is 1.72. The molecule has 1 aromatic heterocycles. The Kier molecular flexibility index (Phi) is 5.49. The molecule has 5 nitrogen and oxygen atoms in total. The van der Waals surface area contributed by atoms with Crippen LogP contribution in [-0.4, -0.2) is 52.4 Å². The monoisotopic (exact) mass is 365 g/mol. The minimum atomic E-state index is -0.00154. The summed E-state index contributed by atoms with van der Waals surface area (Å²) in [7, 11) is 0. The van der Waals surface area contributed by atoms with Gasteiger partial charge >= 0.3 is 0 Å². The van der Waals surface area contributed by atoms with E-state index < -0.39 is 0 Å². The number of carbonyl (C=O) groups excluding carboxylic acids is 2. The summed E-state index contributed by atoms with van der Waals surface area (Å²) in [5, 5.41) is 0. The van der Waals surface area contributed by atoms with Crippen LogP contribution in [0.5, 0.6) is 0 Å². The predicted octanol–water partition coefficient (Wildman–Crippen LogP) is 3.11. The number of amides is 2. The Morgan fingerprint density at radius 3 is 2.11 bits per heavy atom. The maximum atomic E-state index is 12.5. The first kappa shape index (κ1) is 19.0. The van der Waals surface area contributed by atoms with Crippen LogP contribution in [0, 0.1) is 20.8 Å². The lowest BCUT2D eigenvalue weighted by molar-refractivity contribution is -0.135. The lowest BCUT2D eigenvalue weighted by Gasteiger charge is -2.33. The molecule has 2 amide bonds. The van der Waals surface area contributed by atoms with Gasteiger partial charge in [0, 0.05) is 56.3 Å². The molecule has 2 heterocycles. The van der Waals surface area contributed by atoms with E-state index >= 15 is 0 Å². The highest BCUT2D eigenvalue weighted by molar-refractivity contribution is 5.92. The third-order valence-corrected chi connectivity index (χ3v) is 5.20. The van der Waals surface area contributed by atoms with Gasteiger partial charge in [0.1, 0.15) is 0 Å². The predicted molar refractivity (Wildman–Crippen MR) is 108 cm³/mol. The van der Waals surface area contributed by atoms with Gasteiger partial charge in [-0.3, -0.25) is 9.59 Å². The Hall–Kier alpha value is -2.82. The number of rotatable bonds is 3. The molecule has 0 spiro atoms. The Labute approximate surface area is 160 Å². The molecule has 0 N–H and O–H groups in total. The second-order valence-electron chi connectivity index (χ2n) is 7.16. The average Bonchev–Trinajstić information content (AvgIpc) is 2.94. The van der Waals surface area contributed by atoms with Gasteiger partial charge < -0.3 is 14.4 Å². The summed E-state index contributed by atoms with van der Waals surface area (Å²) in [6, 6.07) is 10.5. The zero-order valence-electron chi connectivity index (χ0n) is 16.5. The quantitative estimate of drug-likeness (QED) is 0.785. The first-order valence-corrected chi connectivity index (χ1v) is 9.35. The van der Waals surface area contributed by atoms with Crippen molar-refractivity contribution in [1.82, 2.24) is 14.4 Å². The molecule has 27 heavy (non-hydrogen) atoms. The van der Waals surface area contributed by atoms with Gasteiger partial charge in [-0.25, -0.2) is 0 Å². The van der Waals surface area contributed by atoms with Crippen LogP contribution in [0.3, 0.4) is 0 Å². The summed E-state index contributed by atoms with van der Waals surface area (Å²) in [4.78, 5) is 27.5. The number of piperazine rings is 1. The lowest BCUT2D eigenvalue weighted by atomic mass is 10.2. The second-order valence-corrected chi connectivity index (χ2v) is 7.16. The highest BCUT2D eigenvalue weighted by Crippen LogP contribution is 2.22. The van der Waals surface area contributed by atoms with Crippen molar-refractivity contribution in [3.63, 3.8) is 0 Å². The zero-order valence-corrected chi connectivity index (χ0v) is 16.5. The van der Waals surface area contributed by atoms with Crippen LogP contribution < -0.4 is 0 Å². The summed E-state index contributed by atoms with van der Waals surface area (Å²) < 4.78 is 2.20. The minimum absolute atomic E-state index is 0.00154. The smallest absolute Gasteiger partial charge is 0.246 e. The first-order chi connectivity index (χ1) is 12.9. The molecule has 3 rings (SSSR count).